The molecule has 1 heterocycles. The van der Waals surface area contributed by atoms with Crippen LogP contribution in [0.1, 0.15) is 30.5 Å². The summed E-state index contributed by atoms with van der Waals surface area (Å²) in [7, 11) is 1.74. The van der Waals surface area contributed by atoms with Gasteiger partial charge in [0.2, 0.25) is 0 Å². The van der Waals surface area contributed by atoms with Crippen LogP contribution in [0.5, 0.6) is 5.75 Å². The van der Waals surface area contributed by atoms with Crippen molar-refractivity contribution in [1.29, 1.82) is 0 Å². The molecule has 1 aromatic rings. The van der Waals surface area contributed by atoms with E-state index < -0.39 is 0 Å². The van der Waals surface area contributed by atoms with E-state index in [2.05, 4.69) is 42.3 Å². The predicted molar refractivity (Wildman–Crippen MR) is 86.0 cm³/mol. The minimum Gasteiger partial charge on any atom is -0.496 e. The van der Waals surface area contributed by atoms with E-state index in [1.165, 1.54) is 17.5 Å². The van der Waals surface area contributed by atoms with Crippen LogP contribution in [0, 0.1) is 6.92 Å². The molecule has 0 amide bonds. The molecule has 4 nitrogen and oxygen atoms in total. The lowest BCUT2D eigenvalue weighted by Crippen LogP contribution is -2.37. The van der Waals surface area contributed by atoms with E-state index in [1.54, 1.807) is 7.11 Å². The van der Waals surface area contributed by atoms with E-state index in [-0.39, 0.29) is 0 Å². The maximum atomic E-state index is 5.46. The Hall–Kier alpha value is -1.10. The van der Waals surface area contributed by atoms with Crippen molar-refractivity contribution >= 4 is 0 Å². The van der Waals surface area contributed by atoms with Crippen molar-refractivity contribution in [2.75, 3.05) is 46.5 Å². The van der Waals surface area contributed by atoms with Gasteiger partial charge in [0, 0.05) is 24.7 Å². The largest absolute Gasteiger partial charge is 0.496 e. The van der Waals surface area contributed by atoms with Gasteiger partial charge in [0.15, 0.2) is 0 Å². The van der Waals surface area contributed by atoms with Gasteiger partial charge >= 0.3 is 0 Å². The molecule has 1 saturated heterocycles. The Morgan fingerprint density at radius 2 is 2.10 bits per heavy atom. The van der Waals surface area contributed by atoms with Gasteiger partial charge in [-0.25, -0.2) is 0 Å². The topological polar surface area (TPSA) is 33.7 Å². The van der Waals surface area contributed by atoms with Crippen molar-refractivity contribution in [2.45, 2.75) is 26.3 Å². The second-order valence-corrected chi connectivity index (χ2v) is 5.73. The molecule has 0 aliphatic carbocycles. The fourth-order valence-corrected chi connectivity index (χ4v) is 2.75. The van der Waals surface area contributed by atoms with Gasteiger partial charge in [-0.1, -0.05) is 17.7 Å². The summed E-state index contributed by atoms with van der Waals surface area (Å²) in [5, 5.41) is 3.60. The van der Waals surface area contributed by atoms with Crippen LogP contribution in [-0.4, -0.2) is 51.4 Å². The number of hydrogen-bond acceptors (Lipinski definition) is 4. The lowest BCUT2D eigenvalue weighted by molar-refractivity contribution is 0.0374. The second-order valence-electron chi connectivity index (χ2n) is 5.73. The SMILES string of the molecule is COc1ccc(C)cc1C(C)NCCCN1CCOCC1. The summed E-state index contributed by atoms with van der Waals surface area (Å²) in [5.74, 6) is 0.966. The summed E-state index contributed by atoms with van der Waals surface area (Å²) in [5.41, 5.74) is 2.51. The van der Waals surface area contributed by atoms with E-state index >= 15 is 0 Å². The summed E-state index contributed by atoms with van der Waals surface area (Å²) in [6, 6.07) is 6.66. The molecule has 4 heteroatoms. The molecule has 118 valence electrons. The number of nitrogens with one attached hydrogen (secondary N) is 1. The highest BCUT2D eigenvalue weighted by Crippen LogP contribution is 2.25. The molecular weight excluding hydrogens is 264 g/mol. The highest BCUT2D eigenvalue weighted by molar-refractivity contribution is 5.38. The van der Waals surface area contributed by atoms with Crippen molar-refractivity contribution in [3.8, 4) is 5.75 Å². The lowest BCUT2D eigenvalue weighted by atomic mass is 10.0. The Morgan fingerprint density at radius 1 is 1.33 bits per heavy atom. The summed E-state index contributed by atoms with van der Waals surface area (Å²) >= 11 is 0. The van der Waals surface area contributed by atoms with Crippen molar-refractivity contribution in [3.05, 3.63) is 29.3 Å². The first-order valence-corrected chi connectivity index (χ1v) is 7.88. The Kier molecular flexibility index (Phi) is 6.49. The molecule has 0 aromatic heterocycles. The summed E-state index contributed by atoms with van der Waals surface area (Å²) in [6.45, 7) is 10.4. The Bertz CT molecular complexity index is 431. The third-order valence-corrected chi connectivity index (χ3v) is 4.06. The van der Waals surface area contributed by atoms with E-state index in [1.807, 2.05) is 0 Å². The number of ether oxygens (including phenoxy) is 2. The smallest absolute Gasteiger partial charge is 0.123 e. The van der Waals surface area contributed by atoms with Crippen LogP contribution in [-0.2, 0) is 4.74 Å². The number of morpholine rings is 1. The average molecular weight is 292 g/mol. The maximum Gasteiger partial charge on any atom is 0.123 e. The number of benzene rings is 1. The fourth-order valence-electron chi connectivity index (χ4n) is 2.75. The van der Waals surface area contributed by atoms with Gasteiger partial charge in [-0.05, 0) is 39.4 Å². The average Bonchev–Trinajstić information content (AvgIpc) is 2.52. The molecule has 0 bridgehead atoms. The molecule has 0 spiro atoms. The van der Waals surface area contributed by atoms with Crippen LogP contribution in [0.25, 0.3) is 0 Å². The van der Waals surface area contributed by atoms with Crippen molar-refractivity contribution in [1.82, 2.24) is 10.2 Å². The molecule has 1 aromatic carbocycles. The zero-order valence-electron chi connectivity index (χ0n) is 13.5. The molecule has 1 N–H and O–H groups in total. The maximum absolute atomic E-state index is 5.46. The number of hydrogen-bond donors (Lipinski definition) is 1. The van der Waals surface area contributed by atoms with Gasteiger partial charge in [0.25, 0.3) is 0 Å². The lowest BCUT2D eigenvalue weighted by Gasteiger charge is -2.26. The molecule has 1 atom stereocenters. The van der Waals surface area contributed by atoms with Gasteiger partial charge in [-0.15, -0.1) is 0 Å². The number of nitrogens with zero attached hydrogens (tertiary/aromatic N) is 1. The Labute approximate surface area is 128 Å². The second kappa shape index (κ2) is 8.37. The van der Waals surface area contributed by atoms with Gasteiger partial charge in [0.05, 0.1) is 20.3 Å². The molecule has 2 rings (SSSR count). The fraction of sp³-hybridized carbons (Fsp3) is 0.647. The van der Waals surface area contributed by atoms with Crippen LogP contribution in [0.2, 0.25) is 0 Å². The summed E-state index contributed by atoms with van der Waals surface area (Å²) in [4.78, 5) is 2.48. The van der Waals surface area contributed by atoms with E-state index in [0.717, 1.165) is 45.1 Å². The zero-order chi connectivity index (χ0) is 15.1. The monoisotopic (exact) mass is 292 g/mol. The Morgan fingerprint density at radius 3 is 2.81 bits per heavy atom. The molecule has 1 aliphatic rings. The van der Waals surface area contributed by atoms with Crippen LogP contribution >= 0.6 is 0 Å². The quantitative estimate of drug-likeness (QED) is 0.782. The molecule has 1 fully saturated rings. The Balaban J connectivity index is 1.76. The van der Waals surface area contributed by atoms with Crippen molar-refractivity contribution < 1.29 is 9.47 Å². The van der Waals surface area contributed by atoms with Gasteiger partial charge in [0.1, 0.15) is 5.75 Å². The number of aryl methyl sites for hydroxylation is 1. The molecule has 0 radical (unpaired) electrons. The van der Waals surface area contributed by atoms with Crippen molar-refractivity contribution in [2.24, 2.45) is 0 Å². The van der Waals surface area contributed by atoms with Crippen LogP contribution < -0.4 is 10.1 Å². The minimum atomic E-state index is 0.310. The zero-order valence-corrected chi connectivity index (χ0v) is 13.5. The first kappa shape index (κ1) is 16.3. The first-order valence-electron chi connectivity index (χ1n) is 7.88. The van der Waals surface area contributed by atoms with Gasteiger partial charge < -0.3 is 14.8 Å². The third-order valence-electron chi connectivity index (χ3n) is 4.06. The molecule has 1 unspecified atom stereocenters. The van der Waals surface area contributed by atoms with E-state index in [9.17, 15) is 0 Å². The highest BCUT2D eigenvalue weighted by Gasteiger charge is 2.12. The number of methoxy groups -OCH3 is 1. The minimum absolute atomic E-state index is 0.310. The predicted octanol–water partition coefficient (Wildman–Crippen LogP) is 2.38. The molecule has 0 saturated carbocycles. The molecule has 1 aliphatic heterocycles. The molecule has 21 heavy (non-hydrogen) atoms. The van der Waals surface area contributed by atoms with Gasteiger partial charge in [-0.3, -0.25) is 4.90 Å². The number of rotatable bonds is 7. The summed E-state index contributed by atoms with van der Waals surface area (Å²) in [6.07, 6.45) is 1.17. The van der Waals surface area contributed by atoms with Crippen molar-refractivity contribution in [3.63, 3.8) is 0 Å². The van der Waals surface area contributed by atoms with Gasteiger partial charge in [-0.2, -0.15) is 0 Å². The van der Waals surface area contributed by atoms with Crippen LogP contribution in [0.3, 0.4) is 0 Å². The highest BCUT2D eigenvalue weighted by atomic mass is 16.5. The van der Waals surface area contributed by atoms with E-state index in [0.29, 0.717) is 6.04 Å². The van der Waals surface area contributed by atoms with E-state index in [4.69, 9.17) is 9.47 Å². The summed E-state index contributed by atoms with van der Waals surface area (Å²) < 4.78 is 10.8. The third kappa shape index (κ3) is 4.99. The normalized spacial score (nSPS) is 17.7. The first-order chi connectivity index (χ1) is 10.2. The standard InChI is InChI=1S/C17H28N2O2/c1-14-5-6-17(20-3)16(13-14)15(2)18-7-4-8-19-9-11-21-12-10-19/h5-6,13,15,18H,4,7-12H2,1-3H3. The van der Waals surface area contributed by atoms with Crippen LogP contribution in [0.4, 0.5) is 0 Å². The van der Waals surface area contributed by atoms with Crippen LogP contribution in [0.15, 0.2) is 18.2 Å². The molecular formula is C17H28N2O2.